The highest BCUT2D eigenvalue weighted by Gasteiger charge is 2.15. The van der Waals surface area contributed by atoms with E-state index in [-0.39, 0.29) is 11.7 Å². The lowest BCUT2D eigenvalue weighted by molar-refractivity contribution is -0.118. The van der Waals surface area contributed by atoms with E-state index < -0.39 is 0 Å². The molecule has 8 heteroatoms. The summed E-state index contributed by atoms with van der Waals surface area (Å²) in [5.41, 5.74) is 2.71. The van der Waals surface area contributed by atoms with Crippen molar-refractivity contribution in [2.75, 3.05) is 5.75 Å². The summed E-state index contributed by atoms with van der Waals surface area (Å²) in [7, 11) is 0. The van der Waals surface area contributed by atoms with E-state index in [0.717, 1.165) is 40.8 Å². The van der Waals surface area contributed by atoms with Crippen LogP contribution in [0.2, 0.25) is 0 Å². The van der Waals surface area contributed by atoms with Gasteiger partial charge in [0.25, 0.3) is 0 Å². The minimum Gasteiger partial charge on any atom is -0.467 e. The Balaban J connectivity index is 1.51. The molecule has 3 aromatic heterocycles. The largest absolute Gasteiger partial charge is 0.467 e. The highest BCUT2D eigenvalue weighted by Crippen LogP contribution is 2.27. The van der Waals surface area contributed by atoms with Crippen LogP contribution in [-0.2, 0) is 17.9 Å². The summed E-state index contributed by atoms with van der Waals surface area (Å²) >= 11 is 1.28. The Morgan fingerprint density at radius 3 is 2.93 bits per heavy atom. The normalized spacial score (nSPS) is 11.3. The number of para-hydroxylation sites is 1. The van der Waals surface area contributed by atoms with Crippen molar-refractivity contribution in [1.82, 2.24) is 25.1 Å². The van der Waals surface area contributed by atoms with E-state index in [2.05, 4.69) is 38.1 Å². The smallest absolute Gasteiger partial charge is 0.230 e. The lowest BCUT2D eigenvalue weighted by atomic mass is 10.2. The molecule has 4 rings (SSSR count). The van der Waals surface area contributed by atoms with Gasteiger partial charge in [-0.1, -0.05) is 36.9 Å². The van der Waals surface area contributed by atoms with E-state index in [1.807, 2.05) is 24.3 Å². The van der Waals surface area contributed by atoms with Crippen LogP contribution in [0.5, 0.6) is 0 Å². The molecule has 0 aliphatic carbocycles. The molecule has 0 bridgehead atoms. The van der Waals surface area contributed by atoms with Crippen LogP contribution in [0, 0.1) is 0 Å². The highest BCUT2D eigenvalue weighted by atomic mass is 32.2. The summed E-state index contributed by atoms with van der Waals surface area (Å²) in [6.07, 6.45) is 2.58. The van der Waals surface area contributed by atoms with Crippen LogP contribution in [0.3, 0.4) is 0 Å². The first-order valence-electron chi connectivity index (χ1n) is 8.80. The SMILES string of the molecule is CCCn1c2ccccc2c2nnc(SCC(=O)NCc3ccco3)nc21. The molecule has 0 radical (unpaired) electrons. The Morgan fingerprint density at radius 1 is 1.22 bits per heavy atom. The number of nitrogens with one attached hydrogen (secondary N) is 1. The molecule has 0 fully saturated rings. The van der Waals surface area contributed by atoms with Crippen molar-refractivity contribution in [3.05, 3.63) is 48.4 Å². The minimum atomic E-state index is -0.103. The maximum Gasteiger partial charge on any atom is 0.230 e. The van der Waals surface area contributed by atoms with Gasteiger partial charge in [0.1, 0.15) is 11.3 Å². The van der Waals surface area contributed by atoms with E-state index in [0.29, 0.717) is 11.7 Å². The Bertz CT molecular complexity index is 1070. The number of aromatic nitrogens is 4. The molecule has 0 aliphatic rings. The monoisotopic (exact) mass is 381 g/mol. The van der Waals surface area contributed by atoms with Gasteiger partial charge in [-0.2, -0.15) is 0 Å². The average Bonchev–Trinajstić information content (AvgIpc) is 3.32. The molecule has 7 nitrogen and oxygen atoms in total. The van der Waals surface area contributed by atoms with Gasteiger partial charge in [0, 0.05) is 11.9 Å². The van der Waals surface area contributed by atoms with Gasteiger partial charge in [-0.25, -0.2) is 4.98 Å². The quantitative estimate of drug-likeness (QED) is 0.494. The zero-order valence-corrected chi connectivity index (χ0v) is 15.7. The Kier molecular flexibility index (Phi) is 5.06. The second-order valence-electron chi connectivity index (χ2n) is 6.08. The van der Waals surface area contributed by atoms with Crippen molar-refractivity contribution < 1.29 is 9.21 Å². The Morgan fingerprint density at radius 2 is 2.11 bits per heavy atom. The lowest BCUT2D eigenvalue weighted by Crippen LogP contribution is -2.24. The maximum atomic E-state index is 12.0. The van der Waals surface area contributed by atoms with Crippen molar-refractivity contribution in [2.24, 2.45) is 0 Å². The maximum absolute atomic E-state index is 12.0. The zero-order valence-electron chi connectivity index (χ0n) is 14.9. The molecule has 0 unspecified atom stereocenters. The predicted molar refractivity (Wildman–Crippen MR) is 104 cm³/mol. The van der Waals surface area contributed by atoms with Crippen LogP contribution in [-0.4, -0.2) is 31.4 Å². The number of fused-ring (bicyclic) bond motifs is 3. The molecule has 0 aliphatic heterocycles. The second-order valence-corrected chi connectivity index (χ2v) is 7.02. The Labute approximate surface area is 160 Å². The van der Waals surface area contributed by atoms with Crippen LogP contribution >= 0.6 is 11.8 Å². The fourth-order valence-corrected chi connectivity index (χ4v) is 3.59. The summed E-state index contributed by atoms with van der Waals surface area (Å²) in [4.78, 5) is 16.7. The molecule has 1 amide bonds. The Hall–Kier alpha value is -2.87. The molecule has 27 heavy (non-hydrogen) atoms. The number of amides is 1. The van der Waals surface area contributed by atoms with E-state index in [9.17, 15) is 4.79 Å². The van der Waals surface area contributed by atoms with Gasteiger partial charge in [-0.3, -0.25) is 4.79 Å². The number of thioether (sulfide) groups is 1. The van der Waals surface area contributed by atoms with Crippen molar-refractivity contribution in [3.63, 3.8) is 0 Å². The van der Waals surface area contributed by atoms with Crippen LogP contribution in [0.15, 0.2) is 52.2 Å². The first-order valence-corrected chi connectivity index (χ1v) is 9.78. The van der Waals surface area contributed by atoms with Crippen molar-refractivity contribution in [1.29, 1.82) is 0 Å². The molecular formula is C19H19N5O2S. The number of aryl methyl sites for hydroxylation is 1. The molecule has 3 heterocycles. The number of nitrogens with zero attached hydrogens (tertiary/aromatic N) is 4. The van der Waals surface area contributed by atoms with Crippen molar-refractivity contribution >= 4 is 39.7 Å². The number of furan rings is 1. The van der Waals surface area contributed by atoms with Crippen LogP contribution in [0.4, 0.5) is 0 Å². The molecule has 1 aromatic carbocycles. The summed E-state index contributed by atoms with van der Waals surface area (Å²) in [5.74, 6) is 0.841. The van der Waals surface area contributed by atoms with E-state index in [1.54, 1.807) is 12.3 Å². The highest BCUT2D eigenvalue weighted by molar-refractivity contribution is 7.99. The van der Waals surface area contributed by atoms with E-state index in [4.69, 9.17) is 4.42 Å². The molecule has 0 saturated carbocycles. The van der Waals surface area contributed by atoms with Crippen molar-refractivity contribution in [3.8, 4) is 0 Å². The molecule has 0 spiro atoms. The third-order valence-electron chi connectivity index (χ3n) is 4.17. The lowest BCUT2D eigenvalue weighted by Gasteiger charge is -2.05. The molecular weight excluding hydrogens is 362 g/mol. The van der Waals surface area contributed by atoms with E-state index >= 15 is 0 Å². The van der Waals surface area contributed by atoms with Gasteiger partial charge in [0.15, 0.2) is 5.65 Å². The second kappa shape index (κ2) is 7.79. The summed E-state index contributed by atoms with van der Waals surface area (Å²) in [6.45, 7) is 3.36. The topological polar surface area (TPSA) is 85.8 Å². The van der Waals surface area contributed by atoms with E-state index in [1.165, 1.54) is 11.8 Å². The minimum absolute atomic E-state index is 0.103. The number of hydrogen-bond donors (Lipinski definition) is 1. The first-order chi connectivity index (χ1) is 13.3. The predicted octanol–water partition coefficient (Wildman–Crippen LogP) is 3.39. The van der Waals surface area contributed by atoms with Crippen LogP contribution in [0.1, 0.15) is 19.1 Å². The number of rotatable bonds is 7. The number of carbonyl (C=O) groups excluding carboxylic acids is 1. The summed E-state index contributed by atoms with van der Waals surface area (Å²) in [5, 5.41) is 12.9. The fourth-order valence-electron chi connectivity index (χ4n) is 2.98. The first kappa shape index (κ1) is 17.5. The number of benzene rings is 1. The molecule has 0 saturated heterocycles. The third-order valence-corrected chi connectivity index (χ3v) is 5.01. The van der Waals surface area contributed by atoms with Gasteiger partial charge in [-0.15, -0.1) is 10.2 Å². The van der Waals surface area contributed by atoms with Crippen LogP contribution in [0.25, 0.3) is 22.1 Å². The van der Waals surface area contributed by atoms with Crippen LogP contribution < -0.4 is 5.32 Å². The average molecular weight is 381 g/mol. The molecule has 0 atom stereocenters. The van der Waals surface area contributed by atoms with Crippen molar-refractivity contribution in [2.45, 2.75) is 31.6 Å². The van der Waals surface area contributed by atoms with Gasteiger partial charge in [0.05, 0.1) is 24.1 Å². The van der Waals surface area contributed by atoms with Gasteiger partial charge < -0.3 is 14.3 Å². The molecule has 1 N–H and O–H groups in total. The van der Waals surface area contributed by atoms with Gasteiger partial charge >= 0.3 is 0 Å². The summed E-state index contributed by atoms with van der Waals surface area (Å²) < 4.78 is 7.37. The third kappa shape index (κ3) is 3.66. The summed E-state index contributed by atoms with van der Waals surface area (Å²) in [6, 6.07) is 11.7. The van der Waals surface area contributed by atoms with Gasteiger partial charge in [0.2, 0.25) is 11.1 Å². The molecule has 4 aromatic rings. The standard InChI is InChI=1S/C19H19N5O2S/c1-2-9-24-15-8-4-3-7-14(15)17-18(24)21-19(23-22-17)27-12-16(25)20-11-13-6-5-10-26-13/h3-8,10H,2,9,11-12H2,1H3,(H,20,25). The fraction of sp³-hybridized carbons (Fsp3) is 0.263. The zero-order chi connectivity index (χ0) is 18.6. The number of hydrogen-bond acceptors (Lipinski definition) is 6. The van der Waals surface area contributed by atoms with Gasteiger partial charge in [-0.05, 0) is 24.6 Å². The number of carbonyl (C=O) groups is 1. The molecule has 138 valence electrons.